The number of hydrogen-bond acceptors (Lipinski definition) is 5. The first kappa shape index (κ1) is 19.8. The third-order valence-electron chi connectivity index (χ3n) is 5.48. The van der Waals surface area contributed by atoms with Crippen LogP contribution in [0.1, 0.15) is 32.4 Å². The number of urea groups is 1. The van der Waals surface area contributed by atoms with E-state index in [2.05, 4.69) is 9.88 Å². The summed E-state index contributed by atoms with van der Waals surface area (Å²) in [6.07, 6.45) is 3.11. The van der Waals surface area contributed by atoms with Gasteiger partial charge in [-0.05, 0) is 30.9 Å². The lowest BCUT2D eigenvalue weighted by Gasteiger charge is -2.42. The van der Waals surface area contributed by atoms with Crippen molar-refractivity contribution in [1.29, 1.82) is 0 Å². The molecule has 1 spiro atoms. The van der Waals surface area contributed by atoms with Gasteiger partial charge in [-0.15, -0.1) is 0 Å². The highest BCUT2D eigenvalue weighted by Crippen LogP contribution is 2.37. The number of rotatable bonds is 7. The van der Waals surface area contributed by atoms with Gasteiger partial charge in [-0.3, -0.25) is 19.6 Å². The molecule has 0 atom stereocenters. The number of carbonyl (C=O) groups is 2. The van der Waals surface area contributed by atoms with E-state index < -0.39 is 5.54 Å². The van der Waals surface area contributed by atoms with Crippen LogP contribution in [0.4, 0.5) is 4.79 Å². The Labute approximate surface area is 161 Å². The highest BCUT2D eigenvalue weighted by atomic mass is 16.5. The van der Waals surface area contributed by atoms with Gasteiger partial charge in [0, 0.05) is 46.0 Å². The van der Waals surface area contributed by atoms with Crippen LogP contribution in [0.25, 0.3) is 0 Å². The van der Waals surface area contributed by atoms with Gasteiger partial charge in [-0.1, -0.05) is 19.9 Å². The summed E-state index contributed by atoms with van der Waals surface area (Å²) in [5.74, 6) is 0.219. The topological polar surface area (TPSA) is 66.0 Å². The number of piperidine rings is 1. The predicted molar refractivity (Wildman–Crippen MR) is 102 cm³/mol. The third-order valence-corrected chi connectivity index (χ3v) is 5.48. The number of nitrogens with zero attached hydrogens (tertiary/aromatic N) is 4. The van der Waals surface area contributed by atoms with Crippen LogP contribution in [0.2, 0.25) is 0 Å². The molecule has 0 N–H and O–H groups in total. The number of ether oxygens (including phenoxy) is 1. The zero-order valence-electron chi connectivity index (χ0n) is 16.6. The molecule has 0 saturated carbocycles. The zero-order valence-corrected chi connectivity index (χ0v) is 16.6. The molecule has 7 heteroatoms. The van der Waals surface area contributed by atoms with Crippen molar-refractivity contribution in [2.45, 2.75) is 38.8 Å². The van der Waals surface area contributed by atoms with Crippen molar-refractivity contribution < 1.29 is 14.3 Å². The Kier molecular flexibility index (Phi) is 6.11. The second-order valence-electron chi connectivity index (χ2n) is 7.87. The molecule has 0 unspecified atom stereocenters. The average molecular weight is 374 g/mol. The number of pyridine rings is 1. The quantitative estimate of drug-likeness (QED) is 0.683. The van der Waals surface area contributed by atoms with Crippen LogP contribution in [0.3, 0.4) is 0 Å². The molecule has 0 bridgehead atoms. The Hall–Kier alpha value is -1.99. The Morgan fingerprint density at radius 2 is 1.96 bits per heavy atom. The maximum atomic E-state index is 13.3. The van der Waals surface area contributed by atoms with Crippen molar-refractivity contribution in [1.82, 2.24) is 19.7 Å². The molecule has 1 aromatic rings. The van der Waals surface area contributed by atoms with Crippen LogP contribution in [0, 0.1) is 5.92 Å². The van der Waals surface area contributed by atoms with Crippen LogP contribution in [0.15, 0.2) is 24.4 Å². The molecule has 0 aliphatic carbocycles. The predicted octanol–water partition coefficient (Wildman–Crippen LogP) is 1.98. The minimum atomic E-state index is -0.717. The lowest BCUT2D eigenvalue weighted by Crippen LogP contribution is -2.57. The van der Waals surface area contributed by atoms with Gasteiger partial charge >= 0.3 is 6.03 Å². The van der Waals surface area contributed by atoms with Gasteiger partial charge in [0.05, 0.1) is 12.3 Å². The minimum absolute atomic E-state index is 0.0326. The van der Waals surface area contributed by atoms with Crippen LogP contribution in [-0.4, -0.2) is 77.1 Å². The summed E-state index contributed by atoms with van der Waals surface area (Å²) in [6, 6.07) is 5.76. The van der Waals surface area contributed by atoms with E-state index in [0.29, 0.717) is 32.5 Å². The van der Waals surface area contributed by atoms with Gasteiger partial charge in [0.2, 0.25) is 0 Å². The molecule has 3 amide bonds. The molecule has 2 fully saturated rings. The van der Waals surface area contributed by atoms with Crippen LogP contribution in [-0.2, 0) is 16.1 Å². The summed E-state index contributed by atoms with van der Waals surface area (Å²) in [5.41, 5.74) is 0.311. The van der Waals surface area contributed by atoms with E-state index in [-0.39, 0.29) is 17.9 Å². The molecule has 2 aliphatic heterocycles. The van der Waals surface area contributed by atoms with E-state index in [1.54, 1.807) is 18.2 Å². The lowest BCUT2D eigenvalue weighted by molar-refractivity contribution is -0.136. The smallest absolute Gasteiger partial charge is 0.327 e. The summed E-state index contributed by atoms with van der Waals surface area (Å²) in [6.45, 7) is 7.74. The number of aromatic nitrogens is 1. The van der Waals surface area contributed by atoms with Crippen molar-refractivity contribution in [3.05, 3.63) is 30.1 Å². The van der Waals surface area contributed by atoms with Crippen molar-refractivity contribution in [2.75, 3.05) is 39.9 Å². The monoisotopic (exact) mass is 374 g/mol. The highest BCUT2D eigenvalue weighted by molar-refractivity contribution is 6.07. The van der Waals surface area contributed by atoms with Crippen molar-refractivity contribution in [3.63, 3.8) is 0 Å². The Morgan fingerprint density at radius 1 is 1.22 bits per heavy atom. The van der Waals surface area contributed by atoms with E-state index in [4.69, 9.17) is 4.74 Å². The fourth-order valence-corrected chi connectivity index (χ4v) is 4.09. The second kappa shape index (κ2) is 8.35. The molecule has 3 rings (SSSR count). The zero-order chi connectivity index (χ0) is 19.4. The first-order chi connectivity index (χ1) is 13.0. The van der Waals surface area contributed by atoms with Crippen molar-refractivity contribution in [2.24, 2.45) is 5.92 Å². The fourth-order valence-electron chi connectivity index (χ4n) is 4.09. The fraction of sp³-hybridized carbons (Fsp3) is 0.650. The van der Waals surface area contributed by atoms with Crippen LogP contribution >= 0.6 is 0 Å². The minimum Gasteiger partial charge on any atom is -0.383 e. The Morgan fingerprint density at radius 3 is 2.56 bits per heavy atom. The van der Waals surface area contributed by atoms with Gasteiger partial charge in [-0.2, -0.15) is 0 Å². The van der Waals surface area contributed by atoms with Gasteiger partial charge in [0.25, 0.3) is 5.91 Å². The first-order valence-electron chi connectivity index (χ1n) is 9.72. The molecule has 1 aromatic heterocycles. The standard InChI is InChI=1S/C20H30N4O3/c1-16(2)14-23-18(25)20(24(19(23)26)12-13-27-3)7-10-22(11-8-20)15-17-6-4-5-9-21-17/h4-6,9,16H,7-8,10-15H2,1-3H3. The molecule has 3 heterocycles. The Bertz CT molecular complexity index is 656. The van der Waals surface area contributed by atoms with Crippen molar-refractivity contribution >= 4 is 11.9 Å². The highest BCUT2D eigenvalue weighted by Gasteiger charge is 2.57. The molecule has 0 radical (unpaired) electrons. The maximum Gasteiger partial charge on any atom is 0.327 e. The number of methoxy groups -OCH3 is 1. The first-order valence-corrected chi connectivity index (χ1v) is 9.72. The largest absolute Gasteiger partial charge is 0.383 e. The number of hydrogen-bond donors (Lipinski definition) is 0. The van der Waals surface area contributed by atoms with Gasteiger partial charge in [-0.25, -0.2) is 4.79 Å². The van der Waals surface area contributed by atoms with E-state index in [0.717, 1.165) is 25.3 Å². The molecule has 148 valence electrons. The second-order valence-corrected chi connectivity index (χ2v) is 7.87. The molecular formula is C20H30N4O3. The summed E-state index contributed by atoms with van der Waals surface area (Å²) in [5, 5.41) is 0. The normalized spacial score (nSPS) is 20.3. The Balaban J connectivity index is 1.73. The van der Waals surface area contributed by atoms with Gasteiger partial charge < -0.3 is 9.64 Å². The van der Waals surface area contributed by atoms with Gasteiger partial charge in [0.15, 0.2) is 0 Å². The summed E-state index contributed by atoms with van der Waals surface area (Å²) in [7, 11) is 1.62. The van der Waals surface area contributed by atoms with E-state index in [1.807, 2.05) is 32.0 Å². The third kappa shape index (κ3) is 3.99. The summed E-state index contributed by atoms with van der Waals surface area (Å²) < 4.78 is 5.20. The lowest BCUT2D eigenvalue weighted by atomic mass is 9.85. The maximum absolute atomic E-state index is 13.3. The average Bonchev–Trinajstić information content (AvgIpc) is 2.84. The molecular weight excluding hydrogens is 344 g/mol. The number of carbonyl (C=O) groups excluding carboxylic acids is 2. The summed E-state index contributed by atoms with van der Waals surface area (Å²) >= 11 is 0. The molecule has 0 aromatic carbocycles. The molecule has 2 aliphatic rings. The van der Waals surface area contributed by atoms with Crippen molar-refractivity contribution in [3.8, 4) is 0 Å². The summed E-state index contributed by atoms with van der Waals surface area (Å²) in [4.78, 5) is 36.1. The molecule has 27 heavy (non-hydrogen) atoms. The van der Waals surface area contributed by atoms with E-state index in [1.165, 1.54) is 4.90 Å². The SMILES string of the molecule is COCCN1C(=O)N(CC(C)C)C(=O)C12CCN(Cc1ccccn1)CC2. The van der Waals surface area contributed by atoms with E-state index in [9.17, 15) is 9.59 Å². The van der Waals surface area contributed by atoms with Crippen LogP contribution in [0.5, 0.6) is 0 Å². The van der Waals surface area contributed by atoms with E-state index >= 15 is 0 Å². The molecule has 2 saturated heterocycles. The van der Waals surface area contributed by atoms with Crippen LogP contribution < -0.4 is 0 Å². The molecule has 7 nitrogen and oxygen atoms in total. The number of amides is 3. The number of likely N-dealkylation sites (tertiary alicyclic amines) is 1. The number of imide groups is 1. The van der Waals surface area contributed by atoms with Gasteiger partial charge in [0.1, 0.15) is 5.54 Å².